The van der Waals surface area contributed by atoms with Crippen LogP contribution in [0.15, 0.2) is 48.5 Å². The van der Waals surface area contributed by atoms with E-state index >= 15 is 0 Å². The van der Waals surface area contributed by atoms with Gasteiger partial charge in [-0.1, -0.05) is 47.5 Å². The first-order valence-corrected chi connectivity index (χ1v) is 7.24. The van der Waals surface area contributed by atoms with E-state index < -0.39 is 0 Å². The molecule has 2 nitrogen and oxygen atoms in total. The summed E-state index contributed by atoms with van der Waals surface area (Å²) in [6.45, 7) is 0.558. The number of benzene rings is 2. The quantitative estimate of drug-likeness (QED) is 0.863. The highest BCUT2D eigenvalue weighted by molar-refractivity contribution is 6.36. The summed E-state index contributed by atoms with van der Waals surface area (Å²) in [7, 11) is 1.91. The number of halogens is 2. The van der Waals surface area contributed by atoms with Crippen molar-refractivity contribution in [2.45, 2.75) is 12.5 Å². The summed E-state index contributed by atoms with van der Waals surface area (Å²) in [6, 6.07) is 15.5. The van der Waals surface area contributed by atoms with Gasteiger partial charge in [0.2, 0.25) is 0 Å². The topological polar surface area (TPSA) is 21.3 Å². The molecule has 1 atom stereocenters. The maximum absolute atomic E-state index is 6.19. The van der Waals surface area contributed by atoms with Crippen molar-refractivity contribution in [2.75, 3.05) is 13.7 Å². The Morgan fingerprint density at radius 2 is 1.65 bits per heavy atom. The summed E-state index contributed by atoms with van der Waals surface area (Å²) >= 11 is 12.4. The average molecular weight is 310 g/mol. The van der Waals surface area contributed by atoms with Crippen LogP contribution in [0.4, 0.5) is 0 Å². The van der Waals surface area contributed by atoms with Crippen LogP contribution in [0, 0.1) is 0 Å². The van der Waals surface area contributed by atoms with Crippen molar-refractivity contribution in [1.82, 2.24) is 5.32 Å². The molecule has 1 unspecified atom stereocenters. The molecule has 0 bridgehead atoms. The minimum atomic E-state index is 0.146. The van der Waals surface area contributed by atoms with E-state index in [1.165, 1.54) is 0 Å². The highest BCUT2D eigenvalue weighted by Gasteiger charge is 2.13. The summed E-state index contributed by atoms with van der Waals surface area (Å²) in [4.78, 5) is 0. The molecule has 0 saturated heterocycles. The smallest absolute Gasteiger partial charge is 0.119 e. The van der Waals surface area contributed by atoms with Crippen LogP contribution in [0.2, 0.25) is 10.0 Å². The molecule has 0 saturated carbocycles. The highest BCUT2D eigenvalue weighted by Crippen LogP contribution is 2.25. The second-order valence-corrected chi connectivity index (χ2v) is 5.33. The highest BCUT2D eigenvalue weighted by atomic mass is 35.5. The lowest BCUT2D eigenvalue weighted by atomic mass is 10.1. The van der Waals surface area contributed by atoms with Gasteiger partial charge in [-0.2, -0.15) is 0 Å². The Kier molecular flexibility index (Phi) is 5.72. The Morgan fingerprint density at radius 1 is 1.00 bits per heavy atom. The minimum Gasteiger partial charge on any atom is -0.492 e. The molecule has 2 aromatic carbocycles. The number of rotatable bonds is 6. The zero-order chi connectivity index (χ0) is 14.4. The fourth-order valence-corrected chi connectivity index (χ4v) is 2.48. The molecule has 1 N–H and O–H groups in total. The van der Waals surface area contributed by atoms with Crippen molar-refractivity contribution >= 4 is 23.2 Å². The predicted octanol–water partition coefficient (Wildman–Crippen LogP) is 4.20. The Labute approximate surface area is 129 Å². The molecule has 0 heterocycles. The molecule has 2 rings (SSSR count). The monoisotopic (exact) mass is 309 g/mol. The van der Waals surface area contributed by atoms with Gasteiger partial charge in [0, 0.05) is 16.1 Å². The number of hydrogen-bond acceptors (Lipinski definition) is 2. The second-order valence-electron chi connectivity index (χ2n) is 4.51. The van der Waals surface area contributed by atoms with Crippen LogP contribution < -0.4 is 10.1 Å². The van der Waals surface area contributed by atoms with Crippen molar-refractivity contribution in [3.63, 3.8) is 0 Å². The largest absolute Gasteiger partial charge is 0.492 e. The third-order valence-electron chi connectivity index (χ3n) is 3.11. The van der Waals surface area contributed by atoms with E-state index in [1.54, 1.807) is 0 Å². The molecule has 0 amide bonds. The lowest BCUT2D eigenvalue weighted by Crippen LogP contribution is -2.34. The van der Waals surface area contributed by atoms with Gasteiger partial charge in [0.1, 0.15) is 12.4 Å². The predicted molar refractivity (Wildman–Crippen MR) is 85.0 cm³/mol. The molecule has 4 heteroatoms. The zero-order valence-electron chi connectivity index (χ0n) is 11.3. The van der Waals surface area contributed by atoms with Crippen LogP contribution in [0.1, 0.15) is 5.56 Å². The van der Waals surface area contributed by atoms with Crippen molar-refractivity contribution in [2.24, 2.45) is 0 Å². The van der Waals surface area contributed by atoms with Gasteiger partial charge in [0.05, 0.1) is 0 Å². The van der Waals surface area contributed by atoms with Crippen LogP contribution in [0.25, 0.3) is 0 Å². The minimum absolute atomic E-state index is 0.146. The number of hydrogen-bond donors (Lipinski definition) is 1. The summed E-state index contributed by atoms with van der Waals surface area (Å²) < 4.78 is 5.76. The number of ether oxygens (including phenoxy) is 1. The lowest BCUT2D eigenvalue weighted by molar-refractivity contribution is 0.270. The van der Waals surface area contributed by atoms with Crippen LogP contribution in [0.5, 0.6) is 5.75 Å². The Bertz CT molecular complexity index is 525. The van der Waals surface area contributed by atoms with Crippen molar-refractivity contribution in [3.8, 4) is 5.75 Å². The van der Waals surface area contributed by atoms with Crippen LogP contribution in [-0.2, 0) is 6.42 Å². The molecule has 106 valence electrons. The number of likely N-dealkylation sites (N-methyl/N-ethyl adjacent to an activating group) is 1. The van der Waals surface area contributed by atoms with Crippen molar-refractivity contribution in [1.29, 1.82) is 0 Å². The molecule has 20 heavy (non-hydrogen) atoms. The Morgan fingerprint density at radius 3 is 2.25 bits per heavy atom. The summed E-state index contributed by atoms with van der Waals surface area (Å²) in [5.41, 5.74) is 0.951. The fraction of sp³-hybridized carbons (Fsp3) is 0.250. The van der Waals surface area contributed by atoms with Gasteiger partial charge in [0.15, 0.2) is 0 Å². The summed E-state index contributed by atoms with van der Waals surface area (Å²) in [6.07, 6.45) is 0.724. The van der Waals surface area contributed by atoms with E-state index in [1.807, 2.05) is 55.6 Å². The van der Waals surface area contributed by atoms with E-state index in [2.05, 4.69) is 5.32 Å². The van der Waals surface area contributed by atoms with Gasteiger partial charge in [-0.3, -0.25) is 0 Å². The maximum atomic E-state index is 6.19. The average Bonchev–Trinajstić information content (AvgIpc) is 2.47. The third-order valence-corrected chi connectivity index (χ3v) is 3.82. The maximum Gasteiger partial charge on any atom is 0.119 e. The van der Waals surface area contributed by atoms with E-state index in [9.17, 15) is 0 Å². The van der Waals surface area contributed by atoms with E-state index in [-0.39, 0.29) is 6.04 Å². The first-order valence-electron chi connectivity index (χ1n) is 6.48. The molecule has 0 aliphatic carbocycles. The number of nitrogens with one attached hydrogen (secondary N) is 1. The van der Waals surface area contributed by atoms with Crippen LogP contribution >= 0.6 is 23.2 Å². The molecule has 2 aromatic rings. The van der Waals surface area contributed by atoms with Gasteiger partial charge in [0.25, 0.3) is 0 Å². The SMILES string of the molecule is CNC(COc1ccccc1)Cc1c(Cl)cccc1Cl. The van der Waals surface area contributed by atoms with E-state index in [4.69, 9.17) is 27.9 Å². The standard InChI is InChI=1S/C16H17Cl2NO/c1-19-12(11-20-13-6-3-2-4-7-13)10-14-15(17)8-5-9-16(14)18/h2-9,12,19H,10-11H2,1H3. The van der Waals surface area contributed by atoms with Gasteiger partial charge in [-0.05, 0) is 43.3 Å². The molecule has 0 aliphatic rings. The van der Waals surface area contributed by atoms with E-state index in [0.29, 0.717) is 16.7 Å². The Balaban J connectivity index is 1.99. The molecular formula is C16H17Cl2NO. The van der Waals surface area contributed by atoms with Gasteiger partial charge < -0.3 is 10.1 Å². The molecular weight excluding hydrogens is 293 g/mol. The third kappa shape index (κ3) is 4.14. The van der Waals surface area contributed by atoms with Crippen molar-refractivity contribution < 1.29 is 4.74 Å². The van der Waals surface area contributed by atoms with Gasteiger partial charge in [-0.15, -0.1) is 0 Å². The normalized spacial score (nSPS) is 12.2. The van der Waals surface area contributed by atoms with Crippen LogP contribution in [0.3, 0.4) is 0 Å². The molecule has 0 spiro atoms. The van der Waals surface area contributed by atoms with E-state index in [0.717, 1.165) is 17.7 Å². The molecule has 0 radical (unpaired) electrons. The van der Waals surface area contributed by atoms with Gasteiger partial charge in [-0.25, -0.2) is 0 Å². The van der Waals surface area contributed by atoms with Crippen molar-refractivity contribution in [3.05, 3.63) is 64.1 Å². The summed E-state index contributed by atoms with van der Waals surface area (Å²) in [5, 5.41) is 4.62. The molecule has 0 fully saturated rings. The van der Waals surface area contributed by atoms with Crippen LogP contribution in [-0.4, -0.2) is 19.7 Å². The lowest BCUT2D eigenvalue weighted by Gasteiger charge is -2.18. The zero-order valence-corrected chi connectivity index (χ0v) is 12.8. The second kappa shape index (κ2) is 7.53. The molecule has 0 aromatic heterocycles. The first-order chi connectivity index (χ1) is 9.70. The summed E-state index contributed by atoms with van der Waals surface area (Å²) in [5.74, 6) is 0.859. The fourth-order valence-electron chi connectivity index (χ4n) is 1.93. The first kappa shape index (κ1) is 15.2. The number of para-hydroxylation sites is 1. The Hall–Kier alpha value is -1.22. The molecule has 0 aliphatic heterocycles. The van der Waals surface area contributed by atoms with Gasteiger partial charge >= 0.3 is 0 Å².